The third-order valence-corrected chi connectivity index (χ3v) is 8.43. The maximum Gasteiger partial charge on any atom is 0.127 e. The standard InChI is InChI=1S/C13H20N2SSi.ClH/c1-17(2,3)12-6-9-11(16-12)7-10(8-4-5-8)15-13(9)14;/h6,8,10H,4-5,7H2,1-3H3,(H2,14,15);1H. The summed E-state index contributed by atoms with van der Waals surface area (Å²) in [4.78, 5) is 6.19. The molecule has 1 fully saturated rings. The van der Waals surface area contributed by atoms with Crippen LogP contribution in [0.5, 0.6) is 0 Å². The first-order valence-electron chi connectivity index (χ1n) is 6.42. The van der Waals surface area contributed by atoms with E-state index in [2.05, 4.69) is 25.7 Å². The molecule has 5 heteroatoms. The van der Waals surface area contributed by atoms with Crippen molar-refractivity contribution in [2.75, 3.05) is 0 Å². The normalized spacial score (nSPS) is 23.1. The second-order valence-corrected chi connectivity index (χ2v) is 12.9. The number of aliphatic imine (C=N–C) groups is 1. The molecule has 0 radical (unpaired) electrons. The molecular formula is C13H21ClN2SSi. The summed E-state index contributed by atoms with van der Waals surface area (Å²) in [6.07, 6.45) is 3.84. The van der Waals surface area contributed by atoms with E-state index in [4.69, 9.17) is 10.7 Å². The summed E-state index contributed by atoms with van der Waals surface area (Å²) in [6.45, 7) is 7.20. The van der Waals surface area contributed by atoms with Crippen molar-refractivity contribution in [2.45, 2.75) is 44.9 Å². The first kappa shape index (κ1) is 14.1. The monoisotopic (exact) mass is 300 g/mol. The molecule has 2 aliphatic rings. The molecule has 100 valence electrons. The Kier molecular flexibility index (Phi) is 3.64. The summed E-state index contributed by atoms with van der Waals surface area (Å²) < 4.78 is 1.57. The summed E-state index contributed by atoms with van der Waals surface area (Å²) in [5, 5.41) is 0. The molecule has 2 heterocycles. The lowest BCUT2D eigenvalue weighted by Gasteiger charge is -2.18. The van der Waals surface area contributed by atoms with Crippen LogP contribution in [0.1, 0.15) is 23.3 Å². The maximum absolute atomic E-state index is 6.13. The third kappa shape index (κ3) is 2.51. The number of thiophene rings is 1. The number of rotatable bonds is 2. The van der Waals surface area contributed by atoms with Gasteiger partial charge in [0.15, 0.2) is 0 Å². The summed E-state index contributed by atoms with van der Waals surface area (Å²) in [5.74, 6) is 1.61. The molecule has 2 N–H and O–H groups in total. The van der Waals surface area contributed by atoms with E-state index in [0.29, 0.717) is 6.04 Å². The number of nitrogens with zero attached hydrogens (tertiary/aromatic N) is 1. The van der Waals surface area contributed by atoms with Gasteiger partial charge in [-0.3, -0.25) is 4.99 Å². The molecule has 2 nitrogen and oxygen atoms in total. The minimum absolute atomic E-state index is 0. The Balaban J connectivity index is 0.00000120. The van der Waals surface area contributed by atoms with Crippen LogP contribution in [0.15, 0.2) is 11.1 Å². The van der Waals surface area contributed by atoms with Gasteiger partial charge in [0.05, 0.1) is 14.1 Å². The summed E-state index contributed by atoms with van der Waals surface area (Å²) in [7, 11) is -1.20. The third-order valence-electron chi connectivity index (χ3n) is 3.69. The lowest BCUT2D eigenvalue weighted by Crippen LogP contribution is -2.35. The van der Waals surface area contributed by atoms with Crippen LogP contribution in [0, 0.1) is 5.92 Å². The van der Waals surface area contributed by atoms with Gasteiger partial charge < -0.3 is 5.73 Å². The topological polar surface area (TPSA) is 38.4 Å². The van der Waals surface area contributed by atoms with E-state index in [1.165, 1.54) is 23.3 Å². The second-order valence-electron chi connectivity index (χ2n) is 6.32. The fraction of sp³-hybridized carbons (Fsp3) is 0.615. The fourth-order valence-corrected chi connectivity index (χ4v) is 5.55. The van der Waals surface area contributed by atoms with Gasteiger partial charge in [-0.25, -0.2) is 0 Å². The van der Waals surface area contributed by atoms with E-state index in [1.807, 2.05) is 11.3 Å². The van der Waals surface area contributed by atoms with Gasteiger partial charge in [-0.1, -0.05) is 19.6 Å². The molecule has 0 aromatic carbocycles. The van der Waals surface area contributed by atoms with Crippen LogP contribution in [-0.2, 0) is 6.42 Å². The molecular weight excluding hydrogens is 280 g/mol. The first-order chi connectivity index (χ1) is 7.95. The predicted molar refractivity (Wildman–Crippen MR) is 85.5 cm³/mol. The van der Waals surface area contributed by atoms with Crippen molar-refractivity contribution in [1.29, 1.82) is 0 Å². The van der Waals surface area contributed by atoms with Crippen LogP contribution in [0.25, 0.3) is 0 Å². The van der Waals surface area contributed by atoms with Crippen LogP contribution in [0.4, 0.5) is 0 Å². The van der Waals surface area contributed by atoms with Crippen LogP contribution in [0.2, 0.25) is 19.6 Å². The summed E-state index contributed by atoms with van der Waals surface area (Å²) in [5.41, 5.74) is 7.37. The minimum Gasteiger partial charge on any atom is -0.383 e. The number of nitrogens with two attached hydrogens (primary N) is 1. The Labute approximate surface area is 120 Å². The molecule has 0 bridgehead atoms. The average molecular weight is 301 g/mol. The molecule has 1 aliphatic heterocycles. The Morgan fingerprint density at radius 1 is 1.33 bits per heavy atom. The van der Waals surface area contributed by atoms with Gasteiger partial charge in [0.25, 0.3) is 0 Å². The van der Waals surface area contributed by atoms with E-state index >= 15 is 0 Å². The largest absolute Gasteiger partial charge is 0.383 e. The molecule has 0 amide bonds. The number of fused-ring (bicyclic) bond motifs is 1. The van der Waals surface area contributed by atoms with E-state index < -0.39 is 8.07 Å². The highest BCUT2D eigenvalue weighted by molar-refractivity contribution is 7.26. The summed E-state index contributed by atoms with van der Waals surface area (Å²) in [6, 6.07) is 2.80. The van der Waals surface area contributed by atoms with Crippen LogP contribution >= 0.6 is 23.7 Å². The molecule has 1 atom stereocenters. The van der Waals surface area contributed by atoms with Gasteiger partial charge in [-0.15, -0.1) is 23.7 Å². The number of amidine groups is 1. The Morgan fingerprint density at radius 3 is 2.56 bits per heavy atom. The van der Waals surface area contributed by atoms with Crippen molar-refractivity contribution in [3.63, 3.8) is 0 Å². The Bertz CT molecular complexity index is 486. The molecule has 0 spiro atoms. The van der Waals surface area contributed by atoms with Crippen molar-refractivity contribution in [3.8, 4) is 0 Å². The smallest absolute Gasteiger partial charge is 0.127 e. The molecule has 1 unspecified atom stereocenters. The van der Waals surface area contributed by atoms with E-state index in [9.17, 15) is 0 Å². The highest BCUT2D eigenvalue weighted by atomic mass is 35.5. The van der Waals surface area contributed by atoms with Crippen LogP contribution in [-0.4, -0.2) is 20.0 Å². The molecule has 1 saturated carbocycles. The number of hydrogen-bond donors (Lipinski definition) is 1. The van der Waals surface area contributed by atoms with E-state index in [0.717, 1.165) is 18.2 Å². The zero-order chi connectivity index (χ0) is 12.2. The number of halogens is 1. The van der Waals surface area contributed by atoms with Gasteiger partial charge >= 0.3 is 0 Å². The quantitative estimate of drug-likeness (QED) is 0.838. The summed E-state index contributed by atoms with van der Waals surface area (Å²) >= 11 is 2.00. The molecule has 0 saturated heterocycles. The average Bonchev–Trinajstić information content (AvgIpc) is 2.96. The van der Waals surface area contributed by atoms with Crippen molar-refractivity contribution in [3.05, 3.63) is 16.5 Å². The Hall–Kier alpha value is -0.323. The van der Waals surface area contributed by atoms with Crippen molar-refractivity contribution >= 4 is 42.2 Å². The Morgan fingerprint density at radius 2 is 2.00 bits per heavy atom. The lowest BCUT2D eigenvalue weighted by atomic mass is 10.0. The van der Waals surface area contributed by atoms with Crippen LogP contribution < -0.4 is 10.2 Å². The molecule has 1 aromatic heterocycles. The van der Waals surface area contributed by atoms with E-state index in [1.54, 1.807) is 4.50 Å². The lowest BCUT2D eigenvalue weighted by molar-refractivity contribution is 0.591. The molecule has 1 aliphatic carbocycles. The van der Waals surface area contributed by atoms with Gasteiger partial charge in [-0.05, 0) is 29.3 Å². The van der Waals surface area contributed by atoms with Gasteiger partial charge in [0.1, 0.15) is 5.84 Å². The SMILES string of the molecule is C[Si](C)(C)c1cc2c(s1)CC(C1CC1)N=C2N.Cl. The predicted octanol–water partition coefficient (Wildman–Crippen LogP) is 2.76. The van der Waals surface area contributed by atoms with Gasteiger partial charge in [0, 0.05) is 16.9 Å². The van der Waals surface area contributed by atoms with Crippen molar-refractivity contribution in [1.82, 2.24) is 0 Å². The minimum atomic E-state index is -1.20. The van der Waals surface area contributed by atoms with Crippen LogP contribution in [0.3, 0.4) is 0 Å². The zero-order valence-corrected chi connectivity index (χ0v) is 13.8. The zero-order valence-electron chi connectivity index (χ0n) is 11.2. The number of hydrogen-bond acceptors (Lipinski definition) is 3. The van der Waals surface area contributed by atoms with Crippen molar-refractivity contribution < 1.29 is 0 Å². The maximum atomic E-state index is 6.13. The molecule has 3 rings (SSSR count). The van der Waals surface area contributed by atoms with Gasteiger partial charge in [-0.2, -0.15) is 0 Å². The highest BCUT2D eigenvalue weighted by Crippen LogP contribution is 2.38. The first-order valence-corrected chi connectivity index (χ1v) is 10.7. The van der Waals surface area contributed by atoms with Crippen molar-refractivity contribution in [2.24, 2.45) is 16.6 Å². The molecule has 1 aromatic rings. The highest BCUT2D eigenvalue weighted by Gasteiger charge is 2.35. The fourth-order valence-electron chi connectivity index (χ4n) is 2.40. The van der Waals surface area contributed by atoms with Gasteiger partial charge in [0.2, 0.25) is 0 Å². The molecule has 18 heavy (non-hydrogen) atoms. The second kappa shape index (κ2) is 4.65. The van der Waals surface area contributed by atoms with E-state index in [-0.39, 0.29) is 12.4 Å².